The summed E-state index contributed by atoms with van der Waals surface area (Å²) in [6, 6.07) is 3.90. The van der Waals surface area contributed by atoms with Crippen molar-refractivity contribution in [3.63, 3.8) is 0 Å². The quantitative estimate of drug-likeness (QED) is 0.771. The fraction of sp³-hybridized carbons (Fsp3) is 0.632. The standard InChI is InChI=1S/C19H23NO4S/c1-19-9-8-13-11-4-6-17-15(10-20-25(22,23)24-17)12(11)2-3-14(13)16(19)5-7-18(19)21/h4,6,13-14,16,20H,2-3,5,7-10H2,1H3. The van der Waals surface area contributed by atoms with Crippen molar-refractivity contribution in [1.29, 1.82) is 0 Å². The fourth-order valence-electron chi connectivity index (χ4n) is 6.07. The molecule has 0 bridgehead atoms. The number of nitrogens with one attached hydrogen (secondary N) is 1. The van der Waals surface area contributed by atoms with Crippen LogP contribution in [-0.2, 0) is 28.1 Å². The van der Waals surface area contributed by atoms with Gasteiger partial charge in [0.15, 0.2) is 0 Å². The summed E-state index contributed by atoms with van der Waals surface area (Å²) in [6.07, 6.45) is 5.87. The zero-order valence-electron chi connectivity index (χ0n) is 14.4. The van der Waals surface area contributed by atoms with Crippen LogP contribution in [0, 0.1) is 17.3 Å². The molecule has 0 saturated heterocycles. The largest absolute Gasteiger partial charge is 0.382 e. The van der Waals surface area contributed by atoms with Gasteiger partial charge in [0.1, 0.15) is 11.5 Å². The summed E-state index contributed by atoms with van der Waals surface area (Å²) in [4.78, 5) is 12.4. The number of carbonyl (C=O) groups is 1. The summed E-state index contributed by atoms with van der Waals surface area (Å²) in [7, 11) is -3.66. The second kappa shape index (κ2) is 5.07. The van der Waals surface area contributed by atoms with Gasteiger partial charge in [0.2, 0.25) is 0 Å². The Morgan fingerprint density at radius 3 is 2.84 bits per heavy atom. The van der Waals surface area contributed by atoms with E-state index in [1.807, 2.05) is 6.07 Å². The van der Waals surface area contributed by atoms with Crippen molar-refractivity contribution in [1.82, 2.24) is 4.72 Å². The highest BCUT2D eigenvalue weighted by Crippen LogP contribution is 2.60. The molecule has 2 fully saturated rings. The summed E-state index contributed by atoms with van der Waals surface area (Å²) in [5, 5.41) is 0. The molecule has 134 valence electrons. The average Bonchev–Trinajstić information content (AvgIpc) is 2.88. The maximum absolute atomic E-state index is 12.4. The number of rotatable bonds is 0. The van der Waals surface area contributed by atoms with Gasteiger partial charge < -0.3 is 4.18 Å². The van der Waals surface area contributed by atoms with Crippen LogP contribution < -0.4 is 8.91 Å². The molecular formula is C19H23NO4S. The van der Waals surface area contributed by atoms with Gasteiger partial charge in [-0.3, -0.25) is 4.79 Å². The molecule has 4 unspecified atom stereocenters. The Labute approximate surface area is 148 Å². The monoisotopic (exact) mass is 361 g/mol. The number of ketones is 1. The van der Waals surface area contributed by atoms with Gasteiger partial charge >= 0.3 is 10.3 Å². The van der Waals surface area contributed by atoms with Gasteiger partial charge in [-0.25, -0.2) is 0 Å². The lowest BCUT2D eigenvalue weighted by Gasteiger charge is -2.48. The van der Waals surface area contributed by atoms with Crippen LogP contribution in [0.1, 0.15) is 61.6 Å². The minimum absolute atomic E-state index is 0.106. The Bertz CT molecular complexity index is 878. The van der Waals surface area contributed by atoms with Crippen molar-refractivity contribution in [2.75, 3.05) is 0 Å². The molecule has 1 aromatic carbocycles. The van der Waals surface area contributed by atoms with Crippen molar-refractivity contribution in [3.05, 3.63) is 28.8 Å². The number of hydrogen-bond acceptors (Lipinski definition) is 4. The third kappa shape index (κ3) is 2.16. The number of Topliss-reactive ketones (excluding diaryl/α,β-unsaturated/α-hetero) is 1. The Morgan fingerprint density at radius 2 is 2.00 bits per heavy atom. The molecule has 6 heteroatoms. The van der Waals surface area contributed by atoms with E-state index >= 15 is 0 Å². The Balaban J connectivity index is 1.54. The van der Waals surface area contributed by atoms with E-state index in [1.54, 1.807) is 0 Å². The molecule has 1 aromatic rings. The molecule has 5 rings (SSSR count). The first kappa shape index (κ1) is 15.8. The molecule has 0 radical (unpaired) electrons. The highest BCUT2D eigenvalue weighted by Gasteiger charge is 2.54. The van der Waals surface area contributed by atoms with Crippen LogP contribution in [0.3, 0.4) is 0 Å². The van der Waals surface area contributed by atoms with E-state index in [0.29, 0.717) is 35.8 Å². The molecule has 25 heavy (non-hydrogen) atoms. The van der Waals surface area contributed by atoms with Gasteiger partial charge in [-0.05, 0) is 67.1 Å². The topological polar surface area (TPSA) is 72.5 Å². The molecule has 4 aliphatic rings. The van der Waals surface area contributed by atoms with Crippen LogP contribution in [0.25, 0.3) is 0 Å². The zero-order chi connectivity index (χ0) is 17.4. The second-order valence-corrected chi connectivity index (χ2v) is 9.67. The number of carbonyl (C=O) groups excluding carboxylic acids is 1. The normalized spacial score (nSPS) is 38.1. The van der Waals surface area contributed by atoms with E-state index in [0.717, 1.165) is 44.1 Å². The van der Waals surface area contributed by atoms with Crippen LogP contribution in [0.5, 0.6) is 5.75 Å². The Morgan fingerprint density at radius 1 is 1.16 bits per heavy atom. The molecule has 0 spiro atoms. The first-order valence-corrected chi connectivity index (χ1v) is 10.7. The number of fused-ring (bicyclic) bond motifs is 7. The minimum atomic E-state index is -3.66. The highest BCUT2D eigenvalue weighted by atomic mass is 32.2. The average molecular weight is 361 g/mol. The van der Waals surface area contributed by atoms with Crippen LogP contribution in [0.4, 0.5) is 0 Å². The molecular weight excluding hydrogens is 338 g/mol. The van der Waals surface area contributed by atoms with Gasteiger partial charge in [-0.15, -0.1) is 0 Å². The maximum Gasteiger partial charge on any atom is 0.382 e. The zero-order valence-corrected chi connectivity index (χ0v) is 15.2. The van der Waals surface area contributed by atoms with Crippen molar-refractivity contribution in [2.45, 2.75) is 57.9 Å². The number of hydrogen-bond donors (Lipinski definition) is 1. The summed E-state index contributed by atoms with van der Waals surface area (Å²) < 4.78 is 30.9. The lowest BCUT2D eigenvalue weighted by molar-refractivity contribution is -0.129. The molecule has 5 nitrogen and oxygen atoms in total. The van der Waals surface area contributed by atoms with Crippen molar-refractivity contribution in [3.8, 4) is 5.75 Å². The molecule has 1 heterocycles. The van der Waals surface area contributed by atoms with Gasteiger partial charge in [-0.1, -0.05) is 13.0 Å². The first-order chi connectivity index (χ1) is 11.9. The van der Waals surface area contributed by atoms with E-state index in [4.69, 9.17) is 4.18 Å². The second-order valence-electron chi connectivity index (χ2n) is 8.30. The summed E-state index contributed by atoms with van der Waals surface area (Å²) >= 11 is 0. The Kier molecular flexibility index (Phi) is 3.21. The van der Waals surface area contributed by atoms with Gasteiger partial charge in [-0.2, -0.15) is 13.1 Å². The van der Waals surface area contributed by atoms with E-state index in [1.165, 1.54) is 11.1 Å². The van der Waals surface area contributed by atoms with E-state index < -0.39 is 10.3 Å². The lowest BCUT2D eigenvalue weighted by Crippen LogP contribution is -2.43. The third-order valence-corrected chi connectivity index (χ3v) is 8.22. The maximum atomic E-state index is 12.4. The predicted octanol–water partition coefficient (Wildman–Crippen LogP) is 2.84. The minimum Gasteiger partial charge on any atom is -0.371 e. The summed E-state index contributed by atoms with van der Waals surface area (Å²) in [5.41, 5.74) is 3.53. The third-order valence-electron chi connectivity index (χ3n) is 7.32. The van der Waals surface area contributed by atoms with Gasteiger partial charge in [0, 0.05) is 23.9 Å². The molecule has 0 amide bonds. The van der Waals surface area contributed by atoms with Crippen molar-refractivity contribution in [2.24, 2.45) is 17.3 Å². The van der Waals surface area contributed by atoms with Crippen LogP contribution in [-0.4, -0.2) is 14.2 Å². The molecule has 1 N–H and O–H groups in total. The molecule has 2 saturated carbocycles. The van der Waals surface area contributed by atoms with Crippen LogP contribution in [0.15, 0.2) is 12.1 Å². The summed E-state index contributed by atoms with van der Waals surface area (Å²) in [6.45, 7) is 2.51. The predicted molar refractivity (Wildman–Crippen MR) is 92.5 cm³/mol. The van der Waals surface area contributed by atoms with Crippen molar-refractivity contribution >= 4 is 16.1 Å². The first-order valence-electron chi connectivity index (χ1n) is 9.26. The van der Waals surface area contributed by atoms with Gasteiger partial charge in [0.25, 0.3) is 0 Å². The summed E-state index contributed by atoms with van der Waals surface area (Å²) in [5.74, 6) is 2.54. The van der Waals surface area contributed by atoms with E-state index in [9.17, 15) is 13.2 Å². The number of benzene rings is 1. The van der Waals surface area contributed by atoms with E-state index in [-0.39, 0.29) is 5.41 Å². The molecule has 0 aromatic heterocycles. The van der Waals surface area contributed by atoms with E-state index in [2.05, 4.69) is 17.7 Å². The molecule has 4 atom stereocenters. The SMILES string of the molecule is CC12CCC3c4ccc5c(c4CCC3C1CCC2=O)CNS(=O)(=O)O5. The van der Waals surface area contributed by atoms with Crippen LogP contribution >= 0.6 is 0 Å². The lowest BCUT2D eigenvalue weighted by atomic mass is 9.55. The van der Waals surface area contributed by atoms with Crippen LogP contribution in [0.2, 0.25) is 0 Å². The van der Waals surface area contributed by atoms with Gasteiger partial charge in [0.05, 0.1) is 0 Å². The highest BCUT2D eigenvalue weighted by molar-refractivity contribution is 7.85. The Hall–Kier alpha value is -1.40. The molecule has 1 aliphatic heterocycles. The molecule has 3 aliphatic carbocycles. The van der Waals surface area contributed by atoms with Crippen molar-refractivity contribution < 1.29 is 17.4 Å². The smallest absolute Gasteiger partial charge is 0.371 e. The fourth-order valence-corrected chi connectivity index (χ4v) is 6.84.